The normalized spacial score (nSPS) is 19.8. The molecule has 1 aliphatic heterocycles. The Morgan fingerprint density at radius 2 is 1.57 bits per heavy atom. The number of aliphatic hydroxyl groups is 1. The molecule has 44 heavy (non-hydrogen) atoms. The van der Waals surface area contributed by atoms with Gasteiger partial charge in [-0.05, 0) is 44.1 Å². The second-order valence-corrected chi connectivity index (χ2v) is 13.1. The minimum Gasteiger partial charge on any atom is -0.384 e. The molecule has 0 radical (unpaired) electrons. The van der Waals surface area contributed by atoms with Crippen LogP contribution in [0.25, 0.3) is 0 Å². The lowest BCUT2D eigenvalue weighted by atomic mass is 10.0. The molecule has 1 aliphatic rings. The molecule has 3 aromatic rings. The van der Waals surface area contributed by atoms with Gasteiger partial charge in [0.15, 0.2) is 0 Å². The van der Waals surface area contributed by atoms with Gasteiger partial charge in [0.2, 0.25) is 5.91 Å². The fraction of sp³-hybridized carbons (Fsp3) is 0.484. The predicted octanol–water partition coefficient (Wildman–Crippen LogP) is 3.64. The van der Waals surface area contributed by atoms with Crippen LogP contribution in [0.3, 0.4) is 0 Å². The molecule has 236 valence electrons. The Morgan fingerprint density at radius 1 is 0.932 bits per heavy atom. The van der Waals surface area contributed by atoms with Crippen molar-refractivity contribution in [2.24, 2.45) is 5.92 Å². The quantitative estimate of drug-likeness (QED) is 0.332. The Balaban J connectivity index is 1.62. The van der Waals surface area contributed by atoms with Crippen LogP contribution in [-0.4, -0.2) is 69.3 Å². The largest absolute Gasteiger partial charge is 0.384 e. The van der Waals surface area contributed by atoms with Gasteiger partial charge in [-0.3, -0.25) is 19.2 Å². The number of hydrogen-bond acceptors (Lipinski definition) is 9. The summed E-state index contributed by atoms with van der Waals surface area (Å²) < 4.78 is 0. The number of carbonyl (C=O) groups excluding carboxylic acids is 4. The lowest BCUT2D eigenvalue weighted by molar-refractivity contribution is -0.139. The molecule has 0 saturated carbocycles. The molecule has 0 fully saturated rings. The first-order valence-corrected chi connectivity index (χ1v) is 16.7. The van der Waals surface area contributed by atoms with Crippen molar-refractivity contribution in [1.29, 1.82) is 0 Å². The van der Waals surface area contributed by atoms with E-state index in [1.807, 2.05) is 30.3 Å². The van der Waals surface area contributed by atoms with E-state index in [9.17, 15) is 24.3 Å². The van der Waals surface area contributed by atoms with Crippen molar-refractivity contribution in [3.8, 4) is 0 Å². The van der Waals surface area contributed by atoms with Crippen molar-refractivity contribution in [3.63, 3.8) is 0 Å². The molecule has 1 aromatic carbocycles. The minimum atomic E-state index is -1.17. The van der Waals surface area contributed by atoms with E-state index in [0.29, 0.717) is 55.3 Å². The number of aliphatic hydroxyl groups excluding tert-OH is 1. The van der Waals surface area contributed by atoms with Crippen molar-refractivity contribution in [2.45, 2.75) is 71.1 Å². The topological polar surface area (TPSA) is 154 Å². The predicted molar refractivity (Wildman–Crippen MR) is 169 cm³/mol. The molecule has 3 heterocycles. The van der Waals surface area contributed by atoms with Gasteiger partial charge in [0.1, 0.15) is 27.5 Å². The number of benzene rings is 1. The van der Waals surface area contributed by atoms with Crippen LogP contribution in [0.2, 0.25) is 0 Å². The zero-order chi connectivity index (χ0) is 31.6. The highest BCUT2D eigenvalue weighted by molar-refractivity contribution is 7.10. The summed E-state index contributed by atoms with van der Waals surface area (Å²) >= 11 is 2.62. The Morgan fingerprint density at radius 3 is 2.23 bits per heavy atom. The molecule has 2 aromatic heterocycles. The summed E-state index contributed by atoms with van der Waals surface area (Å²) in [6.07, 6.45) is 0.991. The third-order valence-corrected chi connectivity index (χ3v) is 9.04. The van der Waals surface area contributed by atoms with Crippen molar-refractivity contribution in [1.82, 2.24) is 30.8 Å². The molecule has 4 N–H and O–H groups in total. The number of nitrogens with one attached hydrogen (secondary N) is 3. The second kappa shape index (κ2) is 15.9. The highest BCUT2D eigenvalue weighted by Crippen LogP contribution is 2.27. The first kappa shape index (κ1) is 33.2. The summed E-state index contributed by atoms with van der Waals surface area (Å²) in [6, 6.07) is 8.86. The van der Waals surface area contributed by atoms with Gasteiger partial charge >= 0.3 is 0 Å². The van der Waals surface area contributed by atoms with Gasteiger partial charge in [-0.15, -0.1) is 22.7 Å². The second-order valence-electron chi connectivity index (χ2n) is 11.3. The SMILES string of the molecule is CC(C)C[C@@H]1NC(=O)CCCN(C(=O)[C@H](C)O)CCCNC(=O)c2csc(n2)[C@H](Cc2ccccc2)NC(=O)c2csc1n2. The number of fused-ring (bicyclic) bond motifs is 4. The first-order chi connectivity index (χ1) is 21.1. The highest BCUT2D eigenvalue weighted by atomic mass is 32.1. The number of thiazole rings is 2. The summed E-state index contributed by atoms with van der Waals surface area (Å²) in [5, 5.41) is 23.5. The average molecular weight is 641 g/mol. The van der Waals surface area contributed by atoms with Gasteiger partial charge in [-0.1, -0.05) is 44.2 Å². The fourth-order valence-corrected chi connectivity index (χ4v) is 6.65. The fourth-order valence-electron chi connectivity index (χ4n) is 4.93. The zero-order valence-corrected chi connectivity index (χ0v) is 26.9. The molecular weight excluding hydrogens is 601 g/mol. The lowest BCUT2D eigenvalue weighted by Gasteiger charge is -2.24. The van der Waals surface area contributed by atoms with Gasteiger partial charge in [-0.25, -0.2) is 9.97 Å². The maximum Gasteiger partial charge on any atom is 0.271 e. The van der Waals surface area contributed by atoms with Gasteiger partial charge in [0.05, 0.1) is 12.1 Å². The molecule has 0 aliphatic carbocycles. The lowest BCUT2D eigenvalue weighted by Crippen LogP contribution is -2.40. The van der Waals surface area contributed by atoms with Crippen molar-refractivity contribution in [2.75, 3.05) is 19.6 Å². The number of carbonyl (C=O) groups is 4. The van der Waals surface area contributed by atoms with Gasteiger partial charge in [0.25, 0.3) is 17.7 Å². The summed E-state index contributed by atoms with van der Waals surface area (Å²) in [5.74, 6) is -1.05. The number of rotatable bonds is 5. The molecule has 4 amide bonds. The van der Waals surface area contributed by atoms with E-state index in [2.05, 4.69) is 39.8 Å². The van der Waals surface area contributed by atoms with Gasteiger partial charge in [-0.2, -0.15) is 0 Å². The Kier molecular flexibility index (Phi) is 12.0. The van der Waals surface area contributed by atoms with Crippen LogP contribution in [-0.2, 0) is 16.0 Å². The Hall–Kier alpha value is -3.68. The maximum absolute atomic E-state index is 13.5. The molecule has 4 bridgehead atoms. The van der Waals surface area contributed by atoms with E-state index in [1.54, 1.807) is 10.8 Å². The summed E-state index contributed by atoms with van der Waals surface area (Å²) in [4.78, 5) is 62.7. The molecule has 0 spiro atoms. The smallest absolute Gasteiger partial charge is 0.271 e. The van der Waals surface area contributed by atoms with Crippen LogP contribution in [0.1, 0.15) is 95.1 Å². The van der Waals surface area contributed by atoms with E-state index in [1.165, 1.54) is 34.5 Å². The molecular formula is C31H40N6O5S2. The summed E-state index contributed by atoms with van der Waals surface area (Å²) in [6.45, 7) is 6.43. The van der Waals surface area contributed by atoms with Crippen molar-refractivity contribution < 1.29 is 24.3 Å². The highest BCUT2D eigenvalue weighted by Gasteiger charge is 2.26. The van der Waals surface area contributed by atoms with Crippen molar-refractivity contribution in [3.05, 3.63) is 68.1 Å². The van der Waals surface area contributed by atoms with E-state index >= 15 is 0 Å². The minimum absolute atomic E-state index is 0.179. The molecule has 13 heteroatoms. The zero-order valence-electron chi connectivity index (χ0n) is 25.2. The Bertz CT molecular complexity index is 1420. The summed E-state index contributed by atoms with van der Waals surface area (Å²) in [7, 11) is 0. The summed E-state index contributed by atoms with van der Waals surface area (Å²) in [5.41, 5.74) is 1.50. The van der Waals surface area contributed by atoms with E-state index in [0.717, 1.165) is 5.56 Å². The molecule has 4 rings (SSSR count). The third-order valence-electron chi connectivity index (χ3n) is 7.13. The monoisotopic (exact) mass is 640 g/mol. The van der Waals surface area contributed by atoms with Crippen LogP contribution < -0.4 is 16.0 Å². The van der Waals surface area contributed by atoms with E-state index in [4.69, 9.17) is 0 Å². The van der Waals surface area contributed by atoms with Gasteiger partial charge in [0, 0.05) is 36.8 Å². The van der Waals surface area contributed by atoms with Crippen LogP contribution in [0.4, 0.5) is 0 Å². The van der Waals surface area contributed by atoms with Crippen LogP contribution in [0.5, 0.6) is 0 Å². The average Bonchev–Trinajstić information content (AvgIpc) is 3.68. The number of hydrogen-bond donors (Lipinski definition) is 4. The van der Waals surface area contributed by atoms with Crippen LogP contribution in [0.15, 0.2) is 41.1 Å². The van der Waals surface area contributed by atoms with Crippen LogP contribution in [0, 0.1) is 5.92 Å². The third kappa shape index (κ3) is 9.41. The van der Waals surface area contributed by atoms with E-state index in [-0.39, 0.29) is 47.5 Å². The standard InChI is InChI=1S/C31H40N6O5S2/c1-19(2)15-22-29-36-25(18-44-29)28(41)34-23(16-21-9-5-4-6-10-21)30-35-24(17-43-30)27(40)32-12-8-14-37(31(42)20(3)38)13-7-11-26(39)33-22/h4-6,9-10,17-20,22-23,38H,7-8,11-16H2,1-3H3,(H,32,40)(H,33,39)(H,34,41)/t20-,22-,23-/m0/s1. The van der Waals surface area contributed by atoms with E-state index < -0.39 is 18.1 Å². The number of amides is 4. The molecule has 0 saturated heterocycles. The molecule has 0 unspecified atom stereocenters. The van der Waals surface area contributed by atoms with Gasteiger partial charge < -0.3 is 26.0 Å². The molecule has 11 nitrogen and oxygen atoms in total. The maximum atomic E-state index is 13.5. The van der Waals surface area contributed by atoms with Crippen molar-refractivity contribution >= 4 is 46.3 Å². The molecule has 3 atom stereocenters. The first-order valence-electron chi connectivity index (χ1n) is 14.9. The van der Waals surface area contributed by atoms with Crippen LogP contribution >= 0.6 is 22.7 Å². The Labute approximate surface area is 265 Å². The number of nitrogens with zero attached hydrogens (tertiary/aromatic N) is 3. The number of aromatic nitrogens is 2.